The molecule has 2 spiro atoms. The Morgan fingerprint density at radius 1 is 0.537 bits per heavy atom. The Kier molecular flexibility index (Phi) is 20.1. The molecule has 3 aromatic carbocycles. The van der Waals surface area contributed by atoms with Crippen molar-refractivity contribution in [3.05, 3.63) is 89.5 Å². The van der Waals surface area contributed by atoms with Crippen molar-refractivity contribution in [2.75, 3.05) is 21.1 Å². The van der Waals surface area contributed by atoms with Crippen LogP contribution in [0.25, 0.3) is 0 Å². The van der Waals surface area contributed by atoms with E-state index in [1.54, 1.807) is 24.3 Å². The molecule has 3 N–H and O–H groups in total. The van der Waals surface area contributed by atoms with Gasteiger partial charge in [0.1, 0.15) is 23.0 Å². The van der Waals surface area contributed by atoms with Gasteiger partial charge < -0.3 is 28.6 Å². The fourth-order valence-electron chi connectivity index (χ4n) is 16.3. The predicted octanol–water partition coefficient (Wildman–Crippen LogP) is 11.4. The van der Waals surface area contributed by atoms with Crippen molar-refractivity contribution < 1.29 is 113 Å². The molecular formula is C63H96NaO15S+. The van der Waals surface area contributed by atoms with Crippen molar-refractivity contribution >= 4 is 22.2 Å². The second-order valence-corrected chi connectivity index (χ2v) is 23.2. The maximum atomic E-state index is 11.6. The van der Waals surface area contributed by atoms with Crippen LogP contribution in [0, 0.1) is 71.0 Å². The summed E-state index contributed by atoms with van der Waals surface area (Å²) in [5, 5.41) is 19.0. The SMILES string of the molecule is C.C.C.CC.CC.CC.O=C1C2CC3CC(C2)CC1C3.[2H]C([2H])([2H])OC(=O)c1cccc(O)c1.[2H]C([2H])([2H])OC1(c2cccc(O)c2)OOC12C1CC3CC(C1)CC2C3.[2H]C([2H])([2H])OC1(c2cccc(OS(=O)(=O)O)c2)OOC12C1CC3CC(C1)CC2C3.[Na+]. The number of phenols is 2. The molecule has 80 heavy (non-hydrogen) atoms. The van der Waals surface area contributed by atoms with E-state index in [0.717, 1.165) is 69.3 Å². The molecule has 2 atom stereocenters. The maximum absolute atomic E-state index is 11.6. The van der Waals surface area contributed by atoms with Crippen molar-refractivity contribution in [1.82, 2.24) is 0 Å². The topological polar surface area (TPSA) is 203 Å². The molecule has 2 aliphatic heterocycles. The number of hydrogen-bond acceptors (Lipinski definition) is 14. The first-order chi connectivity index (χ1) is 40.0. The fraction of sp³-hybridized carbons (Fsp3) is 0.683. The smallest absolute Gasteiger partial charge is 0.508 e. The summed E-state index contributed by atoms with van der Waals surface area (Å²) in [6.07, 6.45) is 16.7. The average molecular weight is 1160 g/mol. The van der Waals surface area contributed by atoms with Gasteiger partial charge in [0.25, 0.3) is 11.6 Å². The summed E-state index contributed by atoms with van der Waals surface area (Å²) in [5.41, 5.74) is -0.925. The number of carbonyl (C=O) groups excluding carboxylic acids is 2. The Bertz CT molecular complexity index is 2840. The molecule has 12 bridgehead atoms. The third kappa shape index (κ3) is 12.6. The molecule has 14 aliphatic rings. The van der Waals surface area contributed by atoms with Crippen LogP contribution in [0.3, 0.4) is 0 Å². The first kappa shape index (κ1) is 56.0. The van der Waals surface area contributed by atoms with Gasteiger partial charge in [0, 0.05) is 37.0 Å². The Morgan fingerprint density at radius 2 is 0.912 bits per heavy atom. The van der Waals surface area contributed by atoms with Crippen LogP contribution in [-0.2, 0) is 60.5 Å². The average Bonchev–Trinajstić information content (AvgIpc) is 0.689. The van der Waals surface area contributed by atoms with Gasteiger partial charge in [-0.1, -0.05) is 94.2 Å². The van der Waals surface area contributed by atoms with Crippen LogP contribution >= 0.6 is 0 Å². The summed E-state index contributed by atoms with van der Waals surface area (Å²) >= 11 is 0. The predicted molar refractivity (Wildman–Crippen MR) is 304 cm³/mol. The van der Waals surface area contributed by atoms with E-state index < -0.39 is 60.3 Å². The van der Waals surface area contributed by atoms with E-state index in [4.69, 9.17) is 51.0 Å². The van der Waals surface area contributed by atoms with Crippen LogP contribution in [0.2, 0.25) is 0 Å². The second-order valence-electron chi connectivity index (χ2n) is 22.2. The Hall–Kier alpha value is -3.13. The van der Waals surface area contributed by atoms with Crippen molar-refractivity contribution in [2.45, 2.75) is 183 Å². The Balaban J connectivity index is 0.000000256. The van der Waals surface area contributed by atoms with Gasteiger partial charge in [0.15, 0.2) is 11.2 Å². The van der Waals surface area contributed by atoms with E-state index in [1.807, 2.05) is 41.5 Å². The first-order valence-electron chi connectivity index (χ1n) is 32.3. The minimum atomic E-state index is -4.74. The number of hydrogen-bond donors (Lipinski definition) is 3. The standard InChI is InChI=1S/C18H22O7S.C18H22O4.C10H14O.C8H8O3.3C2H6.3CH4.Na/c1-22-18(13-3-2-4-16(10-13)23-26(19,20)21)17(24-25-18)14-6-11-5-12(8-14)9-15(17)7-11;1-20-18(13-3-2-4-16(19)10-13)17(21-22-18)14-6-11-5-12(8-14)9-15(17)7-11;11-10-8-2-6-1-7(4-8)5-9(10)3-6;1-11-8(10)6-3-2-4-7(9)5-6;3*1-2;;;;/h2-4,10-12,14-15H,5-9H2,1H3,(H,19,20,21);2-4,10-12,14-15,19H,5-9H2,1H3;6-9H,1-5H2;2-5,9H,1H3;3*1-2H3;3*1H4;/q;;;;;;;;;;+1/i2*1D3;;1D3;;;;;;;. The second kappa shape index (κ2) is 28.6. The Labute approximate surface area is 514 Å². The van der Waals surface area contributed by atoms with E-state index in [2.05, 4.69) is 8.92 Å². The van der Waals surface area contributed by atoms with Gasteiger partial charge in [0.05, 0.1) is 24.9 Å². The minimum Gasteiger partial charge on any atom is -0.508 e. The van der Waals surface area contributed by atoms with Crippen LogP contribution in [0.4, 0.5) is 0 Å². The number of ether oxygens (including phenoxy) is 3. The number of ketones is 1. The van der Waals surface area contributed by atoms with Crippen LogP contribution in [0.15, 0.2) is 72.8 Å². The summed E-state index contributed by atoms with van der Waals surface area (Å²) in [6, 6.07) is 17.5. The van der Waals surface area contributed by atoms with Gasteiger partial charge in [-0.05, 0) is 198 Å². The zero-order chi connectivity index (χ0) is 62.3. The molecule has 12 aliphatic carbocycles. The number of methoxy groups -OCH3 is 3. The number of Topliss-reactive ketones (excluding diaryl/α,β-unsaturated/α-hetero) is 1. The van der Waals surface area contributed by atoms with Crippen molar-refractivity contribution in [2.24, 2.45) is 71.0 Å². The molecule has 12 saturated carbocycles. The van der Waals surface area contributed by atoms with Gasteiger partial charge in [0.2, 0.25) is 0 Å². The van der Waals surface area contributed by atoms with Gasteiger partial charge in [-0.25, -0.2) is 14.6 Å². The molecule has 17 rings (SSSR count). The van der Waals surface area contributed by atoms with Crippen molar-refractivity contribution in [3.63, 3.8) is 0 Å². The van der Waals surface area contributed by atoms with E-state index in [9.17, 15) is 23.1 Å². The van der Waals surface area contributed by atoms with E-state index in [-0.39, 0.29) is 104 Å². The summed E-state index contributed by atoms with van der Waals surface area (Å²) in [6.45, 7) is 12.0. The summed E-state index contributed by atoms with van der Waals surface area (Å²) in [4.78, 5) is 45.3. The zero-order valence-corrected chi connectivity index (χ0v) is 48.4. The van der Waals surface area contributed by atoms with Crippen LogP contribution in [0.1, 0.15) is 194 Å². The quantitative estimate of drug-likeness (QED) is 0.0872. The number of rotatable bonds is 7. The molecule has 444 valence electrons. The van der Waals surface area contributed by atoms with Crippen molar-refractivity contribution in [3.8, 4) is 17.2 Å². The monoisotopic (exact) mass is 1160 g/mol. The third-order valence-electron chi connectivity index (χ3n) is 18.4. The molecule has 14 fully saturated rings. The molecule has 2 heterocycles. The molecule has 0 radical (unpaired) electrons. The molecule has 0 amide bonds. The number of esters is 1. The maximum Gasteiger partial charge on any atom is 1.00 e. The first-order valence-corrected chi connectivity index (χ1v) is 29.2. The van der Waals surface area contributed by atoms with E-state index in [1.165, 1.54) is 87.4 Å². The third-order valence-corrected chi connectivity index (χ3v) is 18.8. The van der Waals surface area contributed by atoms with Crippen molar-refractivity contribution in [1.29, 1.82) is 0 Å². The number of phenolic OH excluding ortho intramolecular Hbond substituents is 2. The fourth-order valence-corrected chi connectivity index (χ4v) is 16.7. The van der Waals surface area contributed by atoms with Gasteiger partial charge in [-0.2, -0.15) is 18.2 Å². The van der Waals surface area contributed by atoms with Crippen LogP contribution in [-0.4, -0.2) is 67.3 Å². The minimum absolute atomic E-state index is 0. The largest absolute Gasteiger partial charge is 1.00 e. The van der Waals surface area contributed by atoms with E-state index >= 15 is 0 Å². The molecule has 15 nitrogen and oxygen atoms in total. The Morgan fingerprint density at radius 3 is 1.26 bits per heavy atom. The van der Waals surface area contributed by atoms with Gasteiger partial charge in [-0.15, -0.1) is 0 Å². The summed E-state index contributed by atoms with van der Waals surface area (Å²) in [7, 11) is -12.9. The summed E-state index contributed by atoms with van der Waals surface area (Å²) in [5.74, 6) is 2.32. The molecule has 17 heteroatoms. The normalized spacial score (nSPS) is 38.5. The molecule has 2 saturated heterocycles. The molecular weight excluding hydrogens is 1050 g/mol. The van der Waals surface area contributed by atoms with Gasteiger partial charge >= 0.3 is 45.9 Å². The number of benzene rings is 3. The van der Waals surface area contributed by atoms with Gasteiger partial charge in [-0.3, -0.25) is 9.35 Å². The zero-order valence-electron chi connectivity index (χ0n) is 54.6. The van der Waals surface area contributed by atoms with Crippen LogP contribution < -0.4 is 33.7 Å². The number of carbonyl (C=O) groups is 2. The molecule has 0 aromatic heterocycles. The molecule has 2 unspecified atom stereocenters. The number of aromatic hydroxyl groups is 2. The summed E-state index contributed by atoms with van der Waals surface area (Å²) < 4.78 is 118. The van der Waals surface area contributed by atoms with E-state index in [0.29, 0.717) is 46.9 Å². The van der Waals surface area contributed by atoms with Crippen LogP contribution in [0.5, 0.6) is 17.2 Å². The molecule has 3 aromatic rings.